The lowest BCUT2D eigenvalue weighted by atomic mass is 10.0. The zero-order valence-electron chi connectivity index (χ0n) is 10.6. The van der Waals surface area contributed by atoms with Crippen LogP contribution in [0.15, 0.2) is 28.7 Å². The number of halogens is 3. The smallest absolute Gasteiger partial charge is 0.193 e. The third kappa shape index (κ3) is 2.80. The highest BCUT2D eigenvalue weighted by Crippen LogP contribution is 2.30. The summed E-state index contributed by atoms with van der Waals surface area (Å²) >= 11 is 5.72. The Morgan fingerprint density at radius 1 is 1.26 bits per heavy atom. The van der Waals surface area contributed by atoms with Crippen molar-refractivity contribution in [1.82, 2.24) is 5.32 Å². The molecule has 2 rings (SSSR count). The van der Waals surface area contributed by atoms with E-state index in [-0.39, 0.29) is 10.8 Å². The van der Waals surface area contributed by atoms with E-state index in [0.29, 0.717) is 17.9 Å². The molecule has 1 atom stereocenters. The van der Waals surface area contributed by atoms with Crippen molar-refractivity contribution in [2.24, 2.45) is 0 Å². The minimum atomic E-state index is -0.697. The lowest BCUT2D eigenvalue weighted by Crippen LogP contribution is -2.24. The van der Waals surface area contributed by atoms with Crippen LogP contribution in [0, 0.1) is 18.6 Å². The van der Waals surface area contributed by atoms with Crippen molar-refractivity contribution >= 4 is 11.6 Å². The molecule has 0 saturated carbocycles. The van der Waals surface area contributed by atoms with Crippen molar-refractivity contribution in [2.75, 3.05) is 6.54 Å². The lowest BCUT2D eigenvalue weighted by molar-refractivity contribution is 0.427. The van der Waals surface area contributed by atoms with Crippen molar-refractivity contribution < 1.29 is 13.2 Å². The van der Waals surface area contributed by atoms with Gasteiger partial charge in [-0.2, -0.15) is 0 Å². The Kier molecular flexibility index (Phi) is 4.22. The first kappa shape index (κ1) is 14.0. The molecule has 0 aliphatic carbocycles. The second kappa shape index (κ2) is 5.72. The van der Waals surface area contributed by atoms with E-state index in [9.17, 15) is 8.78 Å². The van der Waals surface area contributed by atoms with Crippen LogP contribution < -0.4 is 5.32 Å². The molecule has 0 spiro atoms. The van der Waals surface area contributed by atoms with E-state index in [1.54, 1.807) is 19.1 Å². The summed E-state index contributed by atoms with van der Waals surface area (Å²) in [5, 5.41) is 3.19. The molecule has 0 fully saturated rings. The average molecular weight is 286 g/mol. The number of aryl methyl sites for hydroxylation is 1. The SMILES string of the molecule is CCNC(c1ccc(Cl)o1)c1c(F)ccc(C)c1F. The van der Waals surface area contributed by atoms with Gasteiger partial charge in [0.2, 0.25) is 0 Å². The van der Waals surface area contributed by atoms with Gasteiger partial charge in [-0.15, -0.1) is 0 Å². The highest BCUT2D eigenvalue weighted by atomic mass is 35.5. The molecule has 2 aromatic rings. The topological polar surface area (TPSA) is 25.2 Å². The summed E-state index contributed by atoms with van der Waals surface area (Å²) in [6, 6.07) is 5.12. The monoisotopic (exact) mass is 285 g/mol. The molecule has 19 heavy (non-hydrogen) atoms. The Balaban J connectivity index is 2.53. The largest absolute Gasteiger partial charge is 0.448 e. The second-order valence-corrected chi connectivity index (χ2v) is 4.60. The van der Waals surface area contributed by atoms with Gasteiger partial charge in [0, 0.05) is 5.56 Å². The number of hydrogen-bond acceptors (Lipinski definition) is 2. The average Bonchev–Trinajstić information content (AvgIpc) is 2.80. The van der Waals surface area contributed by atoms with Crippen LogP contribution in [-0.2, 0) is 0 Å². The molecule has 1 aromatic carbocycles. The molecule has 1 N–H and O–H groups in total. The van der Waals surface area contributed by atoms with Crippen LogP contribution >= 0.6 is 11.6 Å². The van der Waals surface area contributed by atoms with Crippen LogP contribution in [0.5, 0.6) is 0 Å². The van der Waals surface area contributed by atoms with Crippen molar-refractivity contribution in [2.45, 2.75) is 19.9 Å². The van der Waals surface area contributed by atoms with Gasteiger partial charge in [0.25, 0.3) is 0 Å². The predicted octanol–water partition coefficient (Wildman–Crippen LogP) is 4.22. The second-order valence-electron chi connectivity index (χ2n) is 4.22. The number of rotatable bonds is 4. The van der Waals surface area contributed by atoms with Crippen molar-refractivity contribution in [3.63, 3.8) is 0 Å². The summed E-state index contributed by atoms with van der Waals surface area (Å²) in [6.07, 6.45) is 0. The number of furan rings is 1. The van der Waals surface area contributed by atoms with E-state index in [1.165, 1.54) is 12.1 Å². The summed E-state index contributed by atoms with van der Waals surface area (Å²) < 4.78 is 33.4. The van der Waals surface area contributed by atoms with E-state index in [4.69, 9.17) is 16.0 Å². The van der Waals surface area contributed by atoms with E-state index in [0.717, 1.165) is 0 Å². The summed E-state index contributed by atoms with van der Waals surface area (Å²) in [6.45, 7) is 3.98. The quantitative estimate of drug-likeness (QED) is 0.910. The number of hydrogen-bond donors (Lipinski definition) is 1. The van der Waals surface area contributed by atoms with Crippen LogP contribution in [0.4, 0.5) is 8.78 Å². The fraction of sp³-hybridized carbons (Fsp3) is 0.286. The number of benzene rings is 1. The van der Waals surface area contributed by atoms with Gasteiger partial charge >= 0.3 is 0 Å². The highest BCUT2D eigenvalue weighted by Gasteiger charge is 2.25. The van der Waals surface area contributed by atoms with Crippen LogP contribution in [0.2, 0.25) is 5.22 Å². The predicted molar refractivity (Wildman–Crippen MR) is 70.3 cm³/mol. The summed E-state index contributed by atoms with van der Waals surface area (Å²) in [4.78, 5) is 0. The molecule has 1 unspecified atom stereocenters. The molecule has 0 amide bonds. The molecule has 0 aliphatic heterocycles. The Hall–Kier alpha value is -1.39. The minimum absolute atomic E-state index is 0.0483. The summed E-state index contributed by atoms with van der Waals surface area (Å²) in [5.41, 5.74) is 0.338. The molecular formula is C14H14ClF2NO. The van der Waals surface area contributed by atoms with E-state index >= 15 is 0 Å². The fourth-order valence-corrected chi connectivity index (χ4v) is 2.13. The first-order valence-electron chi connectivity index (χ1n) is 5.97. The third-order valence-corrected chi connectivity index (χ3v) is 3.10. The molecule has 1 heterocycles. The lowest BCUT2D eigenvalue weighted by Gasteiger charge is -2.18. The van der Waals surface area contributed by atoms with Gasteiger partial charge in [-0.3, -0.25) is 0 Å². The third-order valence-electron chi connectivity index (χ3n) is 2.90. The Morgan fingerprint density at radius 3 is 2.58 bits per heavy atom. The van der Waals surface area contributed by atoms with Gasteiger partial charge in [0.15, 0.2) is 5.22 Å². The van der Waals surface area contributed by atoms with Crippen LogP contribution in [0.1, 0.15) is 29.9 Å². The Morgan fingerprint density at radius 2 is 2.00 bits per heavy atom. The first-order chi connectivity index (χ1) is 9.04. The van der Waals surface area contributed by atoms with Crippen LogP contribution in [0.3, 0.4) is 0 Å². The first-order valence-corrected chi connectivity index (χ1v) is 6.35. The van der Waals surface area contributed by atoms with Crippen molar-refractivity contribution in [3.05, 3.63) is 58.0 Å². The van der Waals surface area contributed by atoms with Gasteiger partial charge in [0.1, 0.15) is 17.4 Å². The Bertz CT molecular complexity index is 583. The molecule has 1 aromatic heterocycles. The molecule has 0 radical (unpaired) electrons. The van der Waals surface area contributed by atoms with Gasteiger partial charge in [-0.1, -0.05) is 13.0 Å². The molecule has 102 valence electrons. The highest BCUT2D eigenvalue weighted by molar-refractivity contribution is 6.28. The maximum atomic E-state index is 14.2. The van der Waals surface area contributed by atoms with Crippen LogP contribution in [-0.4, -0.2) is 6.54 Å². The zero-order valence-corrected chi connectivity index (χ0v) is 11.4. The summed E-state index contributed by atoms with van der Waals surface area (Å²) in [5.74, 6) is -0.796. The van der Waals surface area contributed by atoms with Crippen LogP contribution in [0.25, 0.3) is 0 Å². The maximum absolute atomic E-state index is 14.2. The molecule has 0 saturated heterocycles. The molecule has 2 nitrogen and oxygen atoms in total. The molecular weight excluding hydrogens is 272 g/mol. The maximum Gasteiger partial charge on any atom is 0.193 e. The standard InChI is InChI=1S/C14H14ClF2NO/c1-3-18-14(10-6-7-11(15)19-10)12-9(16)5-4-8(2)13(12)17/h4-7,14,18H,3H2,1-2H3. The number of nitrogens with one attached hydrogen (secondary N) is 1. The minimum Gasteiger partial charge on any atom is -0.448 e. The van der Waals surface area contributed by atoms with Gasteiger partial charge in [0.05, 0.1) is 6.04 Å². The van der Waals surface area contributed by atoms with E-state index < -0.39 is 17.7 Å². The molecule has 5 heteroatoms. The van der Waals surface area contributed by atoms with E-state index in [2.05, 4.69) is 5.32 Å². The van der Waals surface area contributed by atoms with Gasteiger partial charge < -0.3 is 9.73 Å². The fourth-order valence-electron chi connectivity index (χ4n) is 1.98. The van der Waals surface area contributed by atoms with Gasteiger partial charge in [-0.05, 0) is 48.8 Å². The Labute approximate surface area is 115 Å². The molecule has 0 bridgehead atoms. The zero-order chi connectivity index (χ0) is 14.0. The van der Waals surface area contributed by atoms with Gasteiger partial charge in [-0.25, -0.2) is 8.78 Å². The normalized spacial score (nSPS) is 12.7. The van der Waals surface area contributed by atoms with E-state index in [1.807, 2.05) is 6.92 Å². The van der Waals surface area contributed by atoms with Crippen molar-refractivity contribution in [1.29, 1.82) is 0 Å². The summed E-state index contributed by atoms with van der Waals surface area (Å²) in [7, 11) is 0. The van der Waals surface area contributed by atoms with Crippen molar-refractivity contribution in [3.8, 4) is 0 Å². The molecule has 0 aliphatic rings.